The molecule has 4 rings (SSSR count). The van der Waals surface area contributed by atoms with Gasteiger partial charge in [0.2, 0.25) is 0 Å². The number of hydrogen-bond acceptors (Lipinski definition) is 2. The van der Waals surface area contributed by atoms with E-state index in [2.05, 4.69) is 20.6 Å². The number of para-hydroxylation sites is 2. The van der Waals surface area contributed by atoms with Crippen molar-refractivity contribution in [3.05, 3.63) is 89.7 Å². The number of fused-ring (bicyclic) bond motifs is 1. The van der Waals surface area contributed by atoms with Crippen LogP contribution < -0.4 is 10.6 Å². The number of alkyl halides is 3. The first kappa shape index (κ1) is 20.5. The number of aryl methyl sites for hydroxylation is 2. The molecule has 0 bridgehead atoms. The molecule has 158 valence electrons. The van der Waals surface area contributed by atoms with Gasteiger partial charge in [-0.25, -0.2) is 9.78 Å². The Kier molecular flexibility index (Phi) is 5.62. The van der Waals surface area contributed by atoms with Gasteiger partial charge >= 0.3 is 12.2 Å². The molecular formula is C23H19F3N4O. The lowest BCUT2D eigenvalue weighted by Gasteiger charge is -2.11. The highest BCUT2D eigenvalue weighted by atomic mass is 19.4. The SMILES string of the molecule is O=C(Nc1ccc(CCc2nc3ccccc3[nH]2)cc1)Nc1cccc(C(F)(F)F)c1. The number of aromatic amines is 1. The maximum absolute atomic E-state index is 12.8. The fourth-order valence-corrected chi connectivity index (χ4v) is 3.21. The number of anilines is 2. The van der Waals surface area contributed by atoms with Gasteiger partial charge in [-0.05, 0) is 54.4 Å². The van der Waals surface area contributed by atoms with Crippen LogP contribution in [0.5, 0.6) is 0 Å². The second kappa shape index (κ2) is 8.51. The van der Waals surface area contributed by atoms with E-state index in [4.69, 9.17) is 0 Å². The molecule has 5 nitrogen and oxygen atoms in total. The third-order valence-electron chi connectivity index (χ3n) is 4.75. The van der Waals surface area contributed by atoms with Crippen molar-refractivity contribution >= 4 is 28.4 Å². The summed E-state index contributed by atoms with van der Waals surface area (Å²) < 4.78 is 38.3. The number of carbonyl (C=O) groups excluding carboxylic acids is 1. The number of hydrogen-bond donors (Lipinski definition) is 3. The molecule has 3 aromatic carbocycles. The zero-order chi connectivity index (χ0) is 21.8. The van der Waals surface area contributed by atoms with Gasteiger partial charge in [-0.15, -0.1) is 0 Å². The van der Waals surface area contributed by atoms with Crippen molar-refractivity contribution in [1.29, 1.82) is 0 Å². The highest BCUT2D eigenvalue weighted by molar-refractivity contribution is 5.99. The van der Waals surface area contributed by atoms with Crippen molar-refractivity contribution in [3.63, 3.8) is 0 Å². The third-order valence-corrected chi connectivity index (χ3v) is 4.75. The monoisotopic (exact) mass is 424 g/mol. The van der Waals surface area contributed by atoms with Crippen molar-refractivity contribution in [2.75, 3.05) is 10.6 Å². The van der Waals surface area contributed by atoms with Crippen LogP contribution in [-0.2, 0) is 19.0 Å². The lowest BCUT2D eigenvalue weighted by Crippen LogP contribution is -2.19. The van der Waals surface area contributed by atoms with Gasteiger partial charge in [0, 0.05) is 17.8 Å². The standard InChI is InChI=1S/C23H19F3N4O/c24-23(25,26)16-4-3-5-18(14-16)28-22(31)27-17-11-8-15(9-12-17)10-13-21-29-19-6-1-2-7-20(19)30-21/h1-9,11-12,14H,10,13H2,(H,29,30)(H2,27,28,31). The topological polar surface area (TPSA) is 69.8 Å². The molecule has 0 aliphatic heterocycles. The number of aromatic nitrogens is 2. The number of urea groups is 1. The van der Waals surface area contributed by atoms with E-state index < -0.39 is 17.8 Å². The first-order valence-corrected chi connectivity index (χ1v) is 9.65. The average molecular weight is 424 g/mol. The molecule has 0 aliphatic carbocycles. The first-order chi connectivity index (χ1) is 14.9. The van der Waals surface area contributed by atoms with E-state index in [1.165, 1.54) is 12.1 Å². The lowest BCUT2D eigenvalue weighted by molar-refractivity contribution is -0.137. The molecule has 2 amide bonds. The number of benzene rings is 3. The molecule has 0 saturated heterocycles. The normalized spacial score (nSPS) is 11.5. The summed E-state index contributed by atoms with van der Waals surface area (Å²) in [5.74, 6) is 0.906. The maximum atomic E-state index is 12.8. The van der Waals surface area contributed by atoms with E-state index in [1.54, 1.807) is 12.1 Å². The van der Waals surface area contributed by atoms with E-state index in [9.17, 15) is 18.0 Å². The van der Waals surface area contributed by atoms with Crippen LogP contribution in [0.15, 0.2) is 72.8 Å². The molecule has 0 radical (unpaired) electrons. The van der Waals surface area contributed by atoms with Crippen molar-refractivity contribution in [1.82, 2.24) is 9.97 Å². The summed E-state index contributed by atoms with van der Waals surface area (Å²) >= 11 is 0. The van der Waals surface area contributed by atoms with Gasteiger partial charge in [-0.1, -0.05) is 30.3 Å². The van der Waals surface area contributed by atoms with Crippen LogP contribution in [0.3, 0.4) is 0 Å². The molecule has 0 atom stereocenters. The second-order valence-electron chi connectivity index (χ2n) is 7.06. The van der Waals surface area contributed by atoms with Crippen LogP contribution >= 0.6 is 0 Å². The zero-order valence-electron chi connectivity index (χ0n) is 16.3. The molecule has 0 fully saturated rings. The molecule has 0 saturated carbocycles. The molecule has 0 unspecified atom stereocenters. The summed E-state index contributed by atoms with van der Waals surface area (Å²) in [5, 5.41) is 5.03. The van der Waals surface area contributed by atoms with Crippen molar-refractivity contribution in [3.8, 4) is 0 Å². The van der Waals surface area contributed by atoms with Crippen molar-refractivity contribution in [2.45, 2.75) is 19.0 Å². The minimum Gasteiger partial charge on any atom is -0.342 e. The number of halogens is 3. The van der Waals surface area contributed by atoms with Gasteiger partial charge in [0.05, 0.1) is 16.6 Å². The summed E-state index contributed by atoms with van der Waals surface area (Å²) in [7, 11) is 0. The van der Waals surface area contributed by atoms with Crippen LogP contribution in [0.1, 0.15) is 17.0 Å². The smallest absolute Gasteiger partial charge is 0.342 e. The van der Waals surface area contributed by atoms with Crippen LogP contribution in [-0.4, -0.2) is 16.0 Å². The van der Waals surface area contributed by atoms with E-state index in [-0.39, 0.29) is 5.69 Å². The fourth-order valence-electron chi connectivity index (χ4n) is 3.21. The van der Waals surface area contributed by atoms with Gasteiger partial charge < -0.3 is 15.6 Å². The fraction of sp³-hybridized carbons (Fsp3) is 0.130. The Morgan fingerprint density at radius 1 is 0.871 bits per heavy atom. The zero-order valence-corrected chi connectivity index (χ0v) is 16.3. The molecule has 1 heterocycles. The Hall–Kier alpha value is -3.81. The minimum atomic E-state index is -4.47. The largest absolute Gasteiger partial charge is 0.416 e. The predicted octanol–water partition coefficient (Wildman–Crippen LogP) is 6.01. The number of rotatable bonds is 5. The second-order valence-corrected chi connectivity index (χ2v) is 7.06. The number of imidazole rings is 1. The van der Waals surface area contributed by atoms with Crippen LogP contribution in [0.25, 0.3) is 11.0 Å². The highest BCUT2D eigenvalue weighted by Gasteiger charge is 2.30. The van der Waals surface area contributed by atoms with Gasteiger partial charge in [-0.2, -0.15) is 13.2 Å². The van der Waals surface area contributed by atoms with E-state index >= 15 is 0 Å². The van der Waals surface area contributed by atoms with Crippen LogP contribution in [0.4, 0.5) is 29.3 Å². The first-order valence-electron chi connectivity index (χ1n) is 9.65. The Bertz CT molecular complexity index is 1170. The molecule has 0 aliphatic rings. The molecule has 31 heavy (non-hydrogen) atoms. The maximum Gasteiger partial charge on any atom is 0.416 e. The summed E-state index contributed by atoms with van der Waals surface area (Å²) in [5.41, 5.74) is 2.79. The van der Waals surface area contributed by atoms with Gasteiger partial charge in [-0.3, -0.25) is 0 Å². The number of nitrogens with zero attached hydrogens (tertiary/aromatic N) is 1. The highest BCUT2D eigenvalue weighted by Crippen LogP contribution is 2.30. The third kappa shape index (κ3) is 5.22. The minimum absolute atomic E-state index is 0.0646. The molecule has 1 aromatic heterocycles. The Labute approximate surface area is 176 Å². The van der Waals surface area contributed by atoms with Gasteiger partial charge in [0.1, 0.15) is 5.82 Å². The van der Waals surface area contributed by atoms with E-state index in [0.717, 1.165) is 47.4 Å². The molecule has 4 aromatic rings. The summed E-state index contributed by atoms with van der Waals surface area (Å²) in [4.78, 5) is 20.0. The Morgan fingerprint density at radius 2 is 1.61 bits per heavy atom. The quantitative estimate of drug-likeness (QED) is 0.367. The predicted molar refractivity (Wildman–Crippen MR) is 114 cm³/mol. The molecule has 0 spiro atoms. The molecule has 3 N–H and O–H groups in total. The van der Waals surface area contributed by atoms with Crippen molar-refractivity contribution in [2.24, 2.45) is 0 Å². The number of H-pyrrole nitrogens is 1. The number of nitrogens with one attached hydrogen (secondary N) is 3. The van der Waals surface area contributed by atoms with Crippen molar-refractivity contribution < 1.29 is 18.0 Å². The average Bonchev–Trinajstić information content (AvgIpc) is 3.16. The van der Waals surface area contributed by atoms with Crippen LogP contribution in [0, 0.1) is 0 Å². The van der Waals surface area contributed by atoms with E-state index in [1.807, 2.05) is 36.4 Å². The lowest BCUT2D eigenvalue weighted by atomic mass is 10.1. The summed E-state index contributed by atoms with van der Waals surface area (Å²) in [6.45, 7) is 0. The summed E-state index contributed by atoms with van der Waals surface area (Å²) in [6, 6.07) is 19.0. The Balaban J connectivity index is 1.32. The Morgan fingerprint density at radius 3 is 2.35 bits per heavy atom. The van der Waals surface area contributed by atoms with Gasteiger partial charge in [0.25, 0.3) is 0 Å². The molecule has 8 heteroatoms. The number of carbonyl (C=O) groups is 1. The van der Waals surface area contributed by atoms with E-state index in [0.29, 0.717) is 5.69 Å². The van der Waals surface area contributed by atoms with Crippen LogP contribution in [0.2, 0.25) is 0 Å². The molecular weight excluding hydrogens is 405 g/mol. The number of amides is 2. The van der Waals surface area contributed by atoms with Gasteiger partial charge in [0.15, 0.2) is 0 Å². The summed E-state index contributed by atoms with van der Waals surface area (Å²) in [6.07, 6.45) is -2.94.